The molecule has 0 aliphatic carbocycles. The highest BCUT2D eigenvalue weighted by Gasteiger charge is 2.10. The van der Waals surface area contributed by atoms with Crippen LogP contribution in [0, 0.1) is 0 Å². The normalized spacial score (nSPS) is 10.7. The Balaban J connectivity index is 4.34. The maximum Gasteiger partial charge on any atom is 0.375 e. The van der Waals surface area contributed by atoms with Crippen LogP contribution in [0.4, 0.5) is 0 Å². The molecule has 0 saturated carbocycles. The first kappa shape index (κ1) is 8.44. The molecule has 3 N–H and O–H groups in total. The summed E-state index contributed by atoms with van der Waals surface area (Å²) in [7, 11) is 0. The molecule has 0 rings (SSSR count). The Morgan fingerprint density at radius 1 is 1.30 bits per heavy atom. The van der Waals surface area contributed by atoms with E-state index in [4.69, 9.17) is 15.5 Å². The van der Waals surface area contributed by atoms with E-state index in [1.54, 1.807) is 0 Å². The Hall–Kier alpha value is -1.56. The third-order valence-electron chi connectivity index (χ3n) is 0.564. The SMILES string of the molecule is O=C(O)C=C(OO)C(=O)O. The van der Waals surface area contributed by atoms with Crippen molar-refractivity contribution in [1.29, 1.82) is 0 Å². The Kier molecular flexibility index (Phi) is 2.92. The van der Waals surface area contributed by atoms with Gasteiger partial charge < -0.3 is 15.1 Å². The Bertz CT molecular complexity index is 180. The number of aliphatic carboxylic acids is 2. The average molecular weight is 148 g/mol. The lowest BCUT2D eigenvalue weighted by Crippen LogP contribution is -2.05. The zero-order valence-electron chi connectivity index (χ0n) is 4.64. The number of rotatable bonds is 3. The molecule has 10 heavy (non-hydrogen) atoms. The van der Waals surface area contributed by atoms with Gasteiger partial charge in [0.25, 0.3) is 5.76 Å². The second-order valence-electron chi connectivity index (χ2n) is 1.24. The lowest BCUT2D eigenvalue weighted by Gasteiger charge is -1.92. The van der Waals surface area contributed by atoms with Crippen molar-refractivity contribution >= 4 is 11.9 Å². The Morgan fingerprint density at radius 3 is 1.90 bits per heavy atom. The van der Waals surface area contributed by atoms with Crippen molar-refractivity contribution in [2.24, 2.45) is 0 Å². The summed E-state index contributed by atoms with van der Waals surface area (Å²) in [6, 6.07) is 0. The minimum Gasteiger partial charge on any atom is -0.478 e. The summed E-state index contributed by atoms with van der Waals surface area (Å²) in [4.78, 5) is 22.8. The molecule has 0 unspecified atom stereocenters. The lowest BCUT2D eigenvalue weighted by atomic mass is 10.4. The van der Waals surface area contributed by atoms with E-state index in [1.807, 2.05) is 0 Å². The van der Waals surface area contributed by atoms with Gasteiger partial charge in [-0.2, -0.15) is 0 Å². The molecule has 6 heteroatoms. The molecular weight excluding hydrogens is 144 g/mol. The van der Waals surface area contributed by atoms with Crippen molar-refractivity contribution in [3.8, 4) is 0 Å². The van der Waals surface area contributed by atoms with Crippen LogP contribution in [0.25, 0.3) is 0 Å². The largest absolute Gasteiger partial charge is 0.478 e. The first-order valence-electron chi connectivity index (χ1n) is 2.07. The standard InChI is InChI=1S/C4H4O6/c5-3(6)1-2(10-9)4(7)8/h1,9H,(H,5,6)(H,7,8). The van der Waals surface area contributed by atoms with E-state index < -0.39 is 17.7 Å². The van der Waals surface area contributed by atoms with Gasteiger partial charge >= 0.3 is 11.9 Å². The molecule has 0 aromatic carbocycles. The number of carboxylic acids is 2. The zero-order chi connectivity index (χ0) is 8.15. The fourth-order valence-corrected chi connectivity index (χ4v) is 0.239. The molecule has 0 spiro atoms. The lowest BCUT2D eigenvalue weighted by molar-refractivity contribution is -0.210. The molecule has 0 fully saturated rings. The quantitative estimate of drug-likeness (QED) is 0.216. The fourth-order valence-electron chi connectivity index (χ4n) is 0.239. The average Bonchev–Trinajstić information content (AvgIpc) is 1.81. The van der Waals surface area contributed by atoms with Crippen molar-refractivity contribution in [2.45, 2.75) is 0 Å². The Morgan fingerprint density at radius 2 is 1.80 bits per heavy atom. The number of hydrogen-bond donors (Lipinski definition) is 3. The highest BCUT2D eigenvalue weighted by Crippen LogP contribution is 1.93. The van der Waals surface area contributed by atoms with Gasteiger partial charge in [-0.05, 0) is 0 Å². The number of hydrogen-bond acceptors (Lipinski definition) is 4. The topological polar surface area (TPSA) is 104 Å². The van der Waals surface area contributed by atoms with Crippen LogP contribution in [0.15, 0.2) is 11.8 Å². The van der Waals surface area contributed by atoms with E-state index in [0.29, 0.717) is 0 Å². The van der Waals surface area contributed by atoms with E-state index in [9.17, 15) is 9.59 Å². The molecule has 6 nitrogen and oxygen atoms in total. The molecule has 0 atom stereocenters. The summed E-state index contributed by atoms with van der Waals surface area (Å²) in [5.41, 5.74) is 0. The molecule has 0 aromatic rings. The summed E-state index contributed by atoms with van der Waals surface area (Å²) < 4.78 is 0. The molecule has 0 heterocycles. The summed E-state index contributed by atoms with van der Waals surface area (Å²) >= 11 is 0. The minimum absolute atomic E-state index is 0.225. The van der Waals surface area contributed by atoms with E-state index in [1.165, 1.54) is 0 Å². The van der Waals surface area contributed by atoms with Gasteiger partial charge in [-0.25, -0.2) is 14.8 Å². The van der Waals surface area contributed by atoms with Crippen LogP contribution in [-0.4, -0.2) is 27.4 Å². The van der Waals surface area contributed by atoms with Crippen molar-refractivity contribution in [2.75, 3.05) is 0 Å². The van der Waals surface area contributed by atoms with Crippen molar-refractivity contribution in [1.82, 2.24) is 0 Å². The van der Waals surface area contributed by atoms with Gasteiger partial charge in [-0.3, -0.25) is 0 Å². The van der Waals surface area contributed by atoms with Gasteiger partial charge in [0.2, 0.25) is 0 Å². The predicted octanol–water partition coefficient (Wildman–Crippen LogP) is -0.471. The van der Waals surface area contributed by atoms with Crippen LogP contribution in [-0.2, 0) is 14.5 Å². The van der Waals surface area contributed by atoms with E-state index in [-0.39, 0.29) is 6.08 Å². The van der Waals surface area contributed by atoms with E-state index in [2.05, 4.69) is 4.89 Å². The third-order valence-corrected chi connectivity index (χ3v) is 0.564. The van der Waals surface area contributed by atoms with Crippen LogP contribution in [0.3, 0.4) is 0 Å². The van der Waals surface area contributed by atoms with Crippen LogP contribution >= 0.6 is 0 Å². The fraction of sp³-hybridized carbons (Fsp3) is 0. The third kappa shape index (κ3) is 2.68. The molecular formula is C4H4O6. The summed E-state index contributed by atoms with van der Waals surface area (Å²) in [6.07, 6.45) is 0.225. The molecule has 0 amide bonds. The van der Waals surface area contributed by atoms with Crippen LogP contribution in [0.1, 0.15) is 0 Å². The van der Waals surface area contributed by atoms with Gasteiger partial charge in [-0.1, -0.05) is 0 Å². The predicted molar refractivity (Wildman–Crippen MR) is 27.1 cm³/mol. The first-order chi connectivity index (χ1) is 4.57. The second-order valence-corrected chi connectivity index (χ2v) is 1.24. The highest BCUT2D eigenvalue weighted by atomic mass is 17.1. The zero-order valence-corrected chi connectivity index (χ0v) is 4.64. The van der Waals surface area contributed by atoms with Crippen molar-refractivity contribution in [3.63, 3.8) is 0 Å². The summed E-state index contributed by atoms with van der Waals surface area (Å²) in [5.74, 6) is -4.19. The van der Waals surface area contributed by atoms with Crippen LogP contribution < -0.4 is 0 Å². The summed E-state index contributed by atoms with van der Waals surface area (Å²) in [5, 5.41) is 23.7. The Labute approximate surface area is 54.9 Å². The highest BCUT2D eigenvalue weighted by molar-refractivity contribution is 5.92. The first-order valence-corrected chi connectivity index (χ1v) is 2.07. The monoisotopic (exact) mass is 148 g/mol. The molecule has 0 radical (unpaired) electrons. The number of carboxylic acid groups (broad SMARTS) is 2. The molecule has 56 valence electrons. The molecule has 0 aliphatic rings. The van der Waals surface area contributed by atoms with Gasteiger partial charge in [-0.15, -0.1) is 0 Å². The summed E-state index contributed by atoms with van der Waals surface area (Å²) in [6.45, 7) is 0. The van der Waals surface area contributed by atoms with E-state index in [0.717, 1.165) is 0 Å². The van der Waals surface area contributed by atoms with Gasteiger partial charge in [0.1, 0.15) is 0 Å². The molecule has 0 aliphatic heterocycles. The molecule has 0 bridgehead atoms. The minimum atomic E-state index is -1.65. The van der Waals surface area contributed by atoms with Crippen molar-refractivity contribution in [3.05, 3.63) is 11.8 Å². The molecule has 0 saturated heterocycles. The van der Waals surface area contributed by atoms with Crippen molar-refractivity contribution < 1.29 is 29.9 Å². The van der Waals surface area contributed by atoms with E-state index >= 15 is 0 Å². The molecule has 0 aromatic heterocycles. The van der Waals surface area contributed by atoms with Crippen LogP contribution in [0.5, 0.6) is 0 Å². The smallest absolute Gasteiger partial charge is 0.375 e. The maximum absolute atomic E-state index is 9.85. The maximum atomic E-state index is 9.85. The van der Waals surface area contributed by atoms with Gasteiger partial charge in [0.05, 0.1) is 6.08 Å². The van der Waals surface area contributed by atoms with Crippen LogP contribution in [0.2, 0.25) is 0 Å². The second kappa shape index (κ2) is 3.46. The van der Waals surface area contributed by atoms with Gasteiger partial charge in [0, 0.05) is 0 Å². The van der Waals surface area contributed by atoms with Gasteiger partial charge in [0.15, 0.2) is 0 Å². The number of carbonyl (C=O) groups is 2.